The second-order valence-electron chi connectivity index (χ2n) is 8.15. The van der Waals surface area contributed by atoms with Gasteiger partial charge in [0.2, 0.25) is 5.91 Å². The van der Waals surface area contributed by atoms with Gasteiger partial charge >= 0.3 is 0 Å². The van der Waals surface area contributed by atoms with Gasteiger partial charge < -0.3 is 11.1 Å². The van der Waals surface area contributed by atoms with Gasteiger partial charge in [0.25, 0.3) is 5.91 Å². The maximum Gasteiger partial charge on any atom is 0.273 e. The van der Waals surface area contributed by atoms with E-state index in [2.05, 4.69) is 16.5 Å². The Morgan fingerprint density at radius 2 is 1.90 bits per heavy atom. The van der Waals surface area contributed by atoms with Crippen LogP contribution in [-0.2, 0) is 11.3 Å². The quantitative estimate of drug-likeness (QED) is 0.677. The lowest BCUT2D eigenvalue weighted by atomic mass is 9.86. The van der Waals surface area contributed by atoms with E-state index in [1.807, 2.05) is 0 Å². The third-order valence-corrected chi connectivity index (χ3v) is 4.77. The van der Waals surface area contributed by atoms with Crippen LogP contribution in [-0.4, -0.2) is 27.6 Å². The fourth-order valence-corrected chi connectivity index (χ4v) is 3.21. The summed E-state index contributed by atoms with van der Waals surface area (Å²) >= 11 is 0. The first-order valence-electron chi connectivity index (χ1n) is 9.35. The molecule has 0 spiro atoms. The lowest BCUT2D eigenvalue weighted by Crippen LogP contribution is -2.52. The molecule has 0 radical (unpaired) electrons. The molecule has 0 saturated heterocycles. The molecule has 8 heteroatoms. The van der Waals surface area contributed by atoms with E-state index in [1.165, 1.54) is 12.1 Å². The van der Waals surface area contributed by atoms with E-state index < -0.39 is 29.1 Å². The van der Waals surface area contributed by atoms with Crippen LogP contribution >= 0.6 is 0 Å². The minimum atomic E-state index is -0.919. The number of nitriles is 1. The Kier molecular flexibility index (Phi) is 5.56. The fraction of sp³-hybridized carbons (Fsp3) is 0.273. The van der Waals surface area contributed by atoms with Gasteiger partial charge in [-0.1, -0.05) is 32.9 Å². The van der Waals surface area contributed by atoms with E-state index in [1.54, 1.807) is 55.8 Å². The van der Waals surface area contributed by atoms with Crippen molar-refractivity contribution in [3.8, 4) is 6.07 Å². The number of nitrogens with one attached hydrogen (secondary N) is 1. The number of primary amides is 1. The summed E-state index contributed by atoms with van der Waals surface area (Å²) < 4.78 is 15.5. The summed E-state index contributed by atoms with van der Waals surface area (Å²) in [6.07, 6.45) is 0. The number of rotatable bonds is 5. The largest absolute Gasteiger partial charge is 0.368 e. The number of carbonyl (C=O) groups is 2. The van der Waals surface area contributed by atoms with Gasteiger partial charge in [-0.2, -0.15) is 10.4 Å². The Morgan fingerprint density at radius 1 is 1.23 bits per heavy atom. The minimum absolute atomic E-state index is 0.00800. The standard InChI is InChI=1S/C22H22FN5O2/c1-22(2,3)19(20(25)29)26-21(30)18-16-10-15(23)8-9-17(16)28(27-18)12-14-6-4-13(11-24)5-7-14/h4-10,19H,12H2,1-3H3,(H2,25,29)(H,26,30)/t19-/m1/s1. The third kappa shape index (κ3) is 4.30. The molecule has 0 fully saturated rings. The lowest BCUT2D eigenvalue weighted by molar-refractivity contribution is -0.122. The molecule has 0 aliphatic rings. The normalized spacial score (nSPS) is 12.4. The summed E-state index contributed by atoms with van der Waals surface area (Å²) in [5, 5.41) is 16.3. The zero-order valence-corrected chi connectivity index (χ0v) is 16.9. The van der Waals surface area contributed by atoms with Crippen LogP contribution < -0.4 is 11.1 Å². The van der Waals surface area contributed by atoms with Crippen molar-refractivity contribution in [1.82, 2.24) is 15.1 Å². The SMILES string of the molecule is CC(C)(C)[C@H](NC(=O)c1nn(Cc2ccc(C#N)cc2)c2ccc(F)cc12)C(N)=O. The van der Waals surface area contributed by atoms with Crippen LogP contribution in [0.15, 0.2) is 42.5 Å². The zero-order chi connectivity index (χ0) is 22.1. The number of halogens is 1. The van der Waals surface area contributed by atoms with E-state index >= 15 is 0 Å². The van der Waals surface area contributed by atoms with Crippen molar-refractivity contribution in [1.29, 1.82) is 5.26 Å². The summed E-state index contributed by atoms with van der Waals surface area (Å²) in [6.45, 7) is 5.66. The summed E-state index contributed by atoms with van der Waals surface area (Å²) in [6, 6.07) is 12.2. The number of nitrogens with zero attached hydrogens (tertiary/aromatic N) is 3. The van der Waals surface area contributed by atoms with E-state index in [4.69, 9.17) is 11.0 Å². The molecule has 2 aromatic carbocycles. The van der Waals surface area contributed by atoms with Crippen LogP contribution in [0, 0.1) is 22.6 Å². The van der Waals surface area contributed by atoms with Gasteiger partial charge in [0.05, 0.1) is 23.7 Å². The molecule has 0 aliphatic heterocycles. The molecule has 3 rings (SSSR count). The van der Waals surface area contributed by atoms with Crippen molar-refractivity contribution in [2.45, 2.75) is 33.4 Å². The molecule has 3 N–H and O–H groups in total. The smallest absolute Gasteiger partial charge is 0.273 e. The Balaban J connectivity index is 2.00. The average molecular weight is 407 g/mol. The molecule has 1 heterocycles. The molecule has 30 heavy (non-hydrogen) atoms. The van der Waals surface area contributed by atoms with E-state index in [0.717, 1.165) is 5.56 Å². The Labute approximate surface area is 173 Å². The van der Waals surface area contributed by atoms with Crippen LogP contribution in [0.1, 0.15) is 42.4 Å². The molecule has 3 aromatic rings. The van der Waals surface area contributed by atoms with Crippen molar-refractivity contribution < 1.29 is 14.0 Å². The van der Waals surface area contributed by atoms with E-state index in [9.17, 15) is 14.0 Å². The monoisotopic (exact) mass is 407 g/mol. The molecule has 2 amide bonds. The number of hydrogen-bond acceptors (Lipinski definition) is 4. The van der Waals surface area contributed by atoms with Crippen molar-refractivity contribution in [3.05, 3.63) is 65.1 Å². The van der Waals surface area contributed by atoms with Gasteiger partial charge in [-0.3, -0.25) is 14.3 Å². The summed E-state index contributed by atoms with van der Waals surface area (Å²) in [5.74, 6) is -1.77. The average Bonchev–Trinajstić information content (AvgIpc) is 3.03. The predicted molar refractivity (Wildman–Crippen MR) is 110 cm³/mol. The molecule has 0 bridgehead atoms. The molecule has 0 saturated carbocycles. The molecule has 7 nitrogen and oxygen atoms in total. The molecule has 1 atom stereocenters. The van der Waals surface area contributed by atoms with Crippen LogP contribution in [0.2, 0.25) is 0 Å². The van der Waals surface area contributed by atoms with E-state index in [0.29, 0.717) is 23.0 Å². The minimum Gasteiger partial charge on any atom is -0.368 e. The highest BCUT2D eigenvalue weighted by Gasteiger charge is 2.32. The Hall–Kier alpha value is -3.73. The summed E-state index contributed by atoms with van der Waals surface area (Å²) in [4.78, 5) is 24.8. The van der Waals surface area contributed by atoms with Crippen LogP contribution in [0.4, 0.5) is 4.39 Å². The fourth-order valence-electron chi connectivity index (χ4n) is 3.21. The first-order chi connectivity index (χ1) is 14.1. The van der Waals surface area contributed by atoms with Crippen molar-refractivity contribution >= 4 is 22.7 Å². The number of benzene rings is 2. The van der Waals surface area contributed by atoms with Crippen LogP contribution in [0.5, 0.6) is 0 Å². The van der Waals surface area contributed by atoms with E-state index in [-0.39, 0.29) is 5.69 Å². The van der Waals surface area contributed by atoms with Gasteiger partial charge in [0.1, 0.15) is 11.9 Å². The second-order valence-corrected chi connectivity index (χ2v) is 8.15. The van der Waals surface area contributed by atoms with Gasteiger partial charge in [-0.05, 0) is 41.3 Å². The van der Waals surface area contributed by atoms with Gasteiger partial charge in [-0.15, -0.1) is 0 Å². The van der Waals surface area contributed by atoms with Gasteiger partial charge in [0.15, 0.2) is 5.69 Å². The molecule has 0 unspecified atom stereocenters. The predicted octanol–water partition coefficient (Wildman–Crippen LogP) is 2.73. The number of amides is 2. The maximum absolute atomic E-state index is 13.9. The Bertz CT molecular complexity index is 1150. The maximum atomic E-state index is 13.9. The second kappa shape index (κ2) is 7.95. The summed E-state index contributed by atoms with van der Waals surface area (Å²) in [5.41, 5.74) is 6.82. The van der Waals surface area contributed by atoms with Crippen LogP contribution in [0.3, 0.4) is 0 Å². The molecule has 154 valence electrons. The van der Waals surface area contributed by atoms with Gasteiger partial charge in [0, 0.05) is 5.39 Å². The van der Waals surface area contributed by atoms with Crippen molar-refractivity contribution in [3.63, 3.8) is 0 Å². The number of carbonyl (C=O) groups excluding carboxylic acids is 2. The van der Waals surface area contributed by atoms with Crippen molar-refractivity contribution in [2.75, 3.05) is 0 Å². The van der Waals surface area contributed by atoms with Gasteiger partial charge in [-0.25, -0.2) is 4.39 Å². The third-order valence-electron chi connectivity index (χ3n) is 4.77. The number of fused-ring (bicyclic) bond motifs is 1. The summed E-state index contributed by atoms with van der Waals surface area (Å²) in [7, 11) is 0. The topological polar surface area (TPSA) is 114 Å². The molecular formula is C22H22FN5O2. The number of nitrogens with two attached hydrogens (primary N) is 1. The number of aromatic nitrogens is 2. The first-order valence-corrected chi connectivity index (χ1v) is 9.35. The zero-order valence-electron chi connectivity index (χ0n) is 16.9. The highest BCUT2D eigenvalue weighted by atomic mass is 19.1. The lowest BCUT2D eigenvalue weighted by Gasteiger charge is -2.28. The van der Waals surface area contributed by atoms with Crippen LogP contribution in [0.25, 0.3) is 10.9 Å². The number of hydrogen-bond donors (Lipinski definition) is 2. The molecule has 0 aliphatic carbocycles. The van der Waals surface area contributed by atoms with Crippen molar-refractivity contribution in [2.24, 2.45) is 11.1 Å². The highest BCUT2D eigenvalue weighted by Crippen LogP contribution is 2.23. The first kappa shape index (κ1) is 21.0. The highest BCUT2D eigenvalue weighted by molar-refractivity contribution is 6.06. The molecule has 1 aromatic heterocycles. The Morgan fingerprint density at radius 3 is 2.47 bits per heavy atom. The molecular weight excluding hydrogens is 385 g/mol.